The second kappa shape index (κ2) is 5.79. The van der Waals surface area contributed by atoms with Crippen LogP contribution in [0.5, 0.6) is 0 Å². The maximum absolute atomic E-state index is 13.1. The molecule has 3 rings (SSSR count). The molecule has 1 aliphatic carbocycles. The molecule has 0 atom stereocenters. The largest absolute Gasteiger partial charge is 0.366 e. The molecule has 0 unspecified atom stereocenters. The van der Waals surface area contributed by atoms with Crippen molar-refractivity contribution in [3.63, 3.8) is 0 Å². The van der Waals surface area contributed by atoms with Crippen molar-refractivity contribution in [2.24, 2.45) is 7.05 Å². The van der Waals surface area contributed by atoms with Crippen molar-refractivity contribution in [1.82, 2.24) is 9.78 Å². The maximum atomic E-state index is 13.1. The Hall–Kier alpha value is -1.62. The Morgan fingerprint density at radius 2 is 1.85 bits per heavy atom. The molecule has 0 saturated heterocycles. The van der Waals surface area contributed by atoms with Crippen LogP contribution in [0.25, 0.3) is 0 Å². The van der Waals surface area contributed by atoms with E-state index in [0.29, 0.717) is 18.0 Å². The molecule has 1 aromatic carbocycles. The lowest BCUT2D eigenvalue weighted by Gasteiger charge is -2.06. The van der Waals surface area contributed by atoms with Crippen LogP contribution in [0.3, 0.4) is 0 Å². The molecule has 2 aromatic rings. The van der Waals surface area contributed by atoms with E-state index in [9.17, 15) is 8.78 Å². The van der Waals surface area contributed by atoms with Crippen molar-refractivity contribution in [3.05, 3.63) is 47.2 Å². The average Bonchev–Trinajstić information content (AvgIpc) is 3.11. The smallest absolute Gasteiger partial charge is 0.126 e. The Morgan fingerprint density at radius 1 is 1.20 bits per heavy atom. The maximum Gasteiger partial charge on any atom is 0.126 e. The number of anilines is 1. The van der Waals surface area contributed by atoms with Crippen LogP contribution in [0, 0.1) is 11.6 Å². The number of aromatic nitrogens is 2. The Labute approximate surface area is 122 Å². The van der Waals surface area contributed by atoms with Gasteiger partial charge in [0.25, 0.3) is 0 Å². The van der Waals surface area contributed by atoms with Crippen molar-refractivity contribution in [1.29, 1.82) is 0 Å². The number of rotatable bonds is 4. The molecule has 20 heavy (non-hydrogen) atoms. The van der Waals surface area contributed by atoms with Gasteiger partial charge in [0.1, 0.15) is 17.5 Å². The Bertz CT molecular complexity index is 588. The minimum atomic E-state index is -0.555. The summed E-state index contributed by atoms with van der Waals surface area (Å²) < 4.78 is 27.9. The fourth-order valence-corrected chi connectivity index (χ4v) is 2.14. The molecule has 0 bridgehead atoms. The van der Waals surface area contributed by atoms with Crippen molar-refractivity contribution in [2.45, 2.75) is 25.3 Å². The summed E-state index contributed by atoms with van der Waals surface area (Å²) in [4.78, 5) is 0. The third-order valence-corrected chi connectivity index (χ3v) is 3.29. The van der Waals surface area contributed by atoms with Crippen molar-refractivity contribution in [2.75, 3.05) is 5.32 Å². The van der Waals surface area contributed by atoms with Crippen LogP contribution in [0.4, 0.5) is 14.6 Å². The average molecular weight is 300 g/mol. The molecule has 1 aromatic heterocycles. The highest BCUT2D eigenvalue weighted by Crippen LogP contribution is 2.39. The predicted molar refractivity (Wildman–Crippen MR) is 76.1 cm³/mol. The standard InChI is InChI=1S/C14H15F2N3.ClH/c1-19-14(7-13(18-19)10-2-3-10)17-8-9-4-11(15)6-12(16)5-9;/h4-7,10,17H,2-3,8H2,1H3;1H. The lowest BCUT2D eigenvalue weighted by atomic mass is 10.2. The second-order valence-corrected chi connectivity index (χ2v) is 4.98. The highest BCUT2D eigenvalue weighted by Gasteiger charge is 2.26. The van der Waals surface area contributed by atoms with Crippen LogP contribution in [-0.4, -0.2) is 9.78 Å². The highest BCUT2D eigenvalue weighted by molar-refractivity contribution is 5.85. The molecule has 0 aliphatic heterocycles. The van der Waals surface area contributed by atoms with Gasteiger partial charge in [0, 0.05) is 31.6 Å². The van der Waals surface area contributed by atoms with Crippen LogP contribution in [-0.2, 0) is 13.6 Å². The van der Waals surface area contributed by atoms with Crippen LogP contribution < -0.4 is 5.32 Å². The van der Waals surface area contributed by atoms with Crippen LogP contribution >= 0.6 is 12.4 Å². The van der Waals surface area contributed by atoms with Gasteiger partial charge in [-0.3, -0.25) is 4.68 Å². The van der Waals surface area contributed by atoms with E-state index in [-0.39, 0.29) is 12.4 Å². The van der Waals surface area contributed by atoms with Gasteiger partial charge in [-0.15, -0.1) is 12.4 Å². The molecule has 0 spiro atoms. The monoisotopic (exact) mass is 299 g/mol. The van der Waals surface area contributed by atoms with E-state index in [4.69, 9.17) is 0 Å². The normalized spacial score (nSPS) is 13.9. The Kier molecular flexibility index (Phi) is 4.28. The first-order chi connectivity index (χ1) is 9.11. The second-order valence-electron chi connectivity index (χ2n) is 4.98. The molecule has 6 heteroatoms. The fourth-order valence-electron chi connectivity index (χ4n) is 2.14. The van der Waals surface area contributed by atoms with Crippen LogP contribution in [0.15, 0.2) is 24.3 Å². The molecular formula is C14H16ClF2N3. The molecule has 3 nitrogen and oxygen atoms in total. The van der Waals surface area contributed by atoms with Crippen molar-refractivity contribution >= 4 is 18.2 Å². The molecule has 1 aliphatic rings. The molecular weight excluding hydrogens is 284 g/mol. The summed E-state index contributed by atoms with van der Waals surface area (Å²) in [6.45, 7) is 0.373. The number of hydrogen-bond donors (Lipinski definition) is 1. The molecule has 1 fully saturated rings. The molecule has 1 saturated carbocycles. The van der Waals surface area contributed by atoms with Crippen molar-refractivity contribution < 1.29 is 8.78 Å². The number of nitrogens with one attached hydrogen (secondary N) is 1. The summed E-state index contributed by atoms with van der Waals surface area (Å²) in [5.41, 5.74) is 1.67. The Morgan fingerprint density at radius 3 is 2.45 bits per heavy atom. The van der Waals surface area contributed by atoms with Gasteiger partial charge in [0.15, 0.2) is 0 Å². The number of nitrogens with zero attached hydrogens (tertiary/aromatic N) is 2. The van der Waals surface area contributed by atoms with Gasteiger partial charge in [0.05, 0.1) is 5.69 Å². The summed E-state index contributed by atoms with van der Waals surface area (Å²) >= 11 is 0. The summed E-state index contributed by atoms with van der Waals surface area (Å²) in [5, 5.41) is 7.58. The van der Waals surface area contributed by atoms with E-state index < -0.39 is 11.6 Å². The Balaban J connectivity index is 0.00000147. The van der Waals surface area contributed by atoms with Gasteiger partial charge in [-0.1, -0.05) is 0 Å². The third kappa shape index (κ3) is 3.28. The zero-order valence-electron chi connectivity index (χ0n) is 11.1. The van der Waals surface area contributed by atoms with Gasteiger partial charge in [-0.25, -0.2) is 8.78 Å². The topological polar surface area (TPSA) is 29.9 Å². The van der Waals surface area contributed by atoms with Gasteiger partial charge in [0.2, 0.25) is 0 Å². The zero-order chi connectivity index (χ0) is 13.4. The molecule has 0 amide bonds. The van der Waals surface area contributed by atoms with E-state index in [2.05, 4.69) is 10.4 Å². The molecule has 108 valence electrons. The van der Waals surface area contributed by atoms with Crippen LogP contribution in [0.1, 0.15) is 30.0 Å². The number of aryl methyl sites for hydroxylation is 1. The van der Waals surface area contributed by atoms with E-state index in [1.54, 1.807) is 4.68 Å². The van der Waals surface area contributed by atoms with Gasteiger partial charge in [-0.2, -0.15) is 5.10 Å². The lowest BCUT2D eigenvalue weighted by Crippen LogP contribution is -2.05. The summed E-state index contributed by atoms with van der Waals surface area (Å²) in [7, 11) is 1.86. The first-order valence-corrected chi connectivity index (χ1v) is 6.34. The third-order valence-electron chi connectivity index (χ3n) is 3.29. The number of halogens is 3. The number of hydrogen-bond acceptors (Lipinski definition) is 2. The van der Waals surface area contributed by atoms with E-state index >= 15 is 0 Å². The number of benzene rings is 1. The summed E-state index contributed by atoms with van der Waals surface area (Å²) in [6.07, 6.45) is 2.40. The minimum Gasteiger partial charge on any atom is -0.366 e. The van der Waals surface area contributed by atoms with E-state index in [1.165, 1.54) is 25.0 Å². The fraction of sp³-hybridized carbons (Fsp3) is 0.357. The summed E-state index contributed by atoms with van der Waals surface area (Å²) in [5.74, 6) is 0.348. The summed E-state index contributed by atoms with van der Waals surface area (Å²) in [6, 6.07) is 5.54. The van der Waals surface area contributed by atoms with E-state index in [1.807, 2.05) is 13.1 Å². The molecule has 0 radical (unpaired) electrons. The molecule has 1 heterocycles. The van der Waals surface area contributed by atoms with E-state index in [0.717, 1.165) is 17.6 Å². The minimum absolute atomic E-state index is 0. The van der Waals surface area contributed by atoms with Gasteiger partial charge in [-0.05, 0) is 30.5 Å². The predicted octanol–water partition coefficient (Wildman–Crippen LogP) is 3.61. The van der Waals surface area contributed by atoms with Gasteiger partial charge >= 0.3 is 0 Å². The van der Waals surface area contributed by atoms with Crippen molar-refractivity contribution in [3.8, 4) is 0 Å². The first-order valence-electron chi connectivity index (χ1n) is 6.34. The highest BCUT2D eigenvalue weighted by atomic mass is 35.5. The first kappa shape index (κ1) is 14.8. The quantitative estimate of drug-likeness (QED) is 0.934. The zero-order valence-corrected chi connectivity index (χ0v) is 11.9. The molecule has 1 N–H and O–H groups in total. The SMILES string of the molecule is Cl.Cn1nc(C2CC2)cc1NCc1cc(F)cc(F)c1. The lowest BCUT2D eigenvalue weighted by molar-refractivity contribution is 0.580. The van der Waals surface area contributed by atoms with Crippen LogP contribution in [0.2, 0.25) is 0 Å². The van der Waals surface area contributed by atoms with Gasteiger partial charge < -0.3 is 5.32 Å².